The Morgan fingerprint density at radius 1 is 1.03 bits per heavy atom. The number of carbonyl (C=O) groups excluding carboxylic acids is 3. The van der Waals surface area contributed by atoms with Crippen LogP contribution < -0.4 is 16.1 Å². The lowest BCUT2D eigenvalue weighted by molar-refractivity contribution is -0.119. The molecule has 4 rings (SSSR count). The van der Waals surface area contributed by atoms with Crippen molar-refractivity contribution in [1.29, 1.82) is 0 Å². The number of carbonyl (C=O) groups is 3. The van der Waals surface area contributed by atoms with Crippen LogP contribution in [0.2, 0.25) is 0 Å². The molecule has 0 fully saturated rings. The number of hydrogen-bond donors (Lipinski definition) is 2. The number of para-hydroxylation sites is 1. The Kier molecular flexibility index (Phi) is 5.36. The molecular weight excluding hydrogens is 396 g/mol. The van der Waals surface area contributed by atoms with E-state index in [2.05, 4.69) is 10.4 Å². The van der Waals surface area contributed by atoms with E-state index in [0.29, 0.717) is 11.4 Å². The van der Waals surface area contributed by atoms with Gasteiger partial charge in [-0.3, -0.25) is 14.6 Å². The molecule has 31 heavy (non-hydrogen) atoms. The van der Waals surface area contributed by atoms with E-state index in [1.54, 1.807) is 36.4 Å². The molecule has 8 nitrogen and oxygen atoms in total. The molecule has 2 amide bonds. The molecule has 0 radical (unpaired) electrons. The second-order valence-corrected chi connectivity index (χ2v) is 7.04. The zero-order valence-corrected chi connectivity index (χ0v) is 16.7. The summed E-state index contributed by atoms with van der Waals surface area (Å²) >= 11 is 0. The van der Waals surface area contributed by atoms with Gasteiger partial charge in [-0.25, -0.2) is 4.79 Å². The number of amides is 2. The number of methoxy groups -OCH3 is 1. The van der Waals surface area contributed by atoms with Crippen LogP contribution in [-0.2, 0) is 14.3 Å². The molecule has 3 aromatic carbocycles. The van der Waals surface area contributed by atoms with E-state index >= 15 is 0 Å². The Labute approximate surface area is 178 Å². The Hall–Kier alpha value is -4.20. The van der Waals surface area contributed by atoms with Crippen LogP contribution in [0.25, 0.3) is 10.8 Å². The molecule has 3 N–H and O–H groups in total. The molecule has 1 aliphatic heterocycles. The van der Waals surface area contributed by atoms with Crippen molar-refractivity contribution >= 4 is 45.6 Å². The van der Waals surface area contributed by atoms with Crippen LogP contribution in [0, 0.1) is 0 Å². The third-order valence-corrected chi connectivity index (χ3v) is 5.06. The molecule has 1 atom stereocenters. The Balaban J connectivity index is 1.67. The zero-order valence-electron chi connectivity index (χ0n) is 16.7. The van der Waals surface area contributed by atoms with E-state index in [0.717, 1.165) is 10.8 Å². The number of rotatable bonds is 5. The van der Waals surface area contributed by atoms with E-state index in [1.807, 2.05) is 30.3 Å². The first-order chi connectivity index (χ1) is 15.0. The predicted molar refractivity (Wildman–Crippen MR) is 118 cm³/mol. The minimum Gasteiger partial charge on any atom is -0.465 e. The van der Waals surface area contributed by atoms with Crippen molar-refractivity contribution in [3.63, 3.8) is 0 Å². The summed E-state index contributed by atoms with van der Waals surface area (Å²) in [4.78, 5) is 37.2. The predicted octanol–water partition coefficient (Wildman–Crippen LogP) is 2.69. The number of anilines is 2. The molecule has 0 bridgehead atoms. The quantitative estimate of drug-likeness (QED) is 0.621. The van der Waals surface area contributed by atoms with E-state index in [1.165, 1.54) is 12.1 Å². The third kappa shape index (κ3) is 3.95. The van der Waals surface area contributed by atoms with Crippen molar-refractivity contribution in [2.75, 3.05) is 17.4 Å². The van der Waals surface area contributed by atoms with Gasteiger partial charge in [-0.2, -0.15) is 5.10 Å². The fraction of sp³-hybridized carbons (Fsp3) is 0.130. The van der Waals surface area contributed by atoms with Crippen LogP contribution in [0.3, 0.4) is 0 Å². The van der Waals surface area contributed by atoms with Gasteiger partial charge in [0.2, 0.25) is 5.91 Å². The van der Waals surface area contributed by atoms with Gasteiger partial charge in [-0.1, -0.05) is 42.5 Å². The first-order valence-corrected chi connectivity index (χ1v) is 9.61. The van der Waals surface area contributed by atoms with Gasteiger partial charge in [-0.05, 0) is 35.0 Å². The lowest BCUT2D eigenvalue weighted by atomic mass is 10.0. The van der Waals surface area contributed by atoms with Gasteiger partial charge in [0.25, 0.3) is 5.91 Å². The van der Waals surface area contributed by atoms with Crippen molar-refractivity contribution in [2.45, 2.75) is 12.5 Å². The first-order valence-electron chi connectivity index (χ1n) is 9.61. The summed E-state index contributed by atoms with van der Waals surface area (Å²) in [5.41, 5.74) is 6.84. The van der Waals surface area contributed by atoms with Crippen molar-refractivity contribution in [3.05, 3.63) is 72.3 Å². The molecule has 0 aromatic heterocycles. The number of hydrazone groups is 1. The van der Waals surface area contributed by atoms with Crippen molar-refractivity contribution < 1.29 is 19.1 Å². The Morgan fingerprint density at radius 2 is 1.68 bits per heavy atom. The number of fused-ring (bicyclic) bond motifs is 1. The smallest absolute Gasteiger partial charge is 0.339 e. The number of ether oxygens (including phenoxy) is 1. The molecule has 8 heteroatoms. The van der Waals surface area contributed by atoms with Crippen LogP contribution >= 0.6 is 0 Å². The molecule has 0 spiro atoms. The molecule has 0 aliphatic carbocycles. The van der Waals surface area contributed by atoms with E-state index in [4.69, 9.17) is 10.5 Å². The summed E-state index contributed by atoms with van der Waals surface area (Å²) in [7, 11) is 1.28. The van der Waals surface area contributed by atoms with Gasteiger partial charge in [0, 0.05) is 6.42 Å². The molecule has 0 saturated heterocycles. The molecule has 1 heterocycles. The summed E-state index contributed by atoms with van der Waals surface area (Å²) in [6.07, 6.45) is 0.0528. The van der Waals surface area contributed by atoms with Crippen LogP contribution in [-0.4, -0.2) is 36.6 Å². The van der Waals surface area contributed by atoms with Gasteiger partial charge < -0.3 is 15.8 Å². The highest BCUT2D eigenvalue weighted by Crippen LogP contribution is 2.27. The maximum Gasteiger partial charge on any atom is 0.339 e. The highest BCUT2D eigenvalue weighted by molar-refractivity contribution is 6.44. The van der Waals surface area contributed by atoms with Crippen LogP contribution in [0.4, 0.5) is 11.4 Å². The second kappa shape index (κ2) is 8.27. The van der Waals surface area contributed by atoms with Crippen LogP contribution in [0.5, 0.6) is 0 Å². The first kappa shape index (κ1) is 20.1. The van der Waals surface area contributed by atoms with Gasteiger partial charge in [0.15, 0.2) is 0 Å². The number of primary amides is 1. The third-order valence-electron chi connectivity index (χ3n) is 5.06. The molecule has 156 valence electrons. The van der Waals surface area contributed by atoms with Gasteiger partial charge in [-0.15, -0.1) is 0 Å². The molecule has 1 aliphatic rings. The topological polar surface area (TPSA) is 114 Å². The monoisotopic (exact) mass is 416 g/mol. The number of hydrogen-bond acceptors (Lipinski definition) is 6. The van der Waals surface area contributed by atoms with E-state index in [9.17, 15) is 14.4 Å². The fourth-order valence-electron chi connectivity index (χ4n) is 3.50. The number of nitrogens with one attached hydrogen (secondary N) is 1. The van der Waals surface area contributed by atoms with Crippen molar-refractivity contribution in [3.8, 4) is 0 Å². The number of benzene rings is 3. The van der Waals surface area contributed by atoms with Crippen LogP contribution in [0.1, 0.15) is 16.8 Å². The SMILES string of the molecule is COC(=O)c1cc2ccccc2cc1NC(=O)C1=NN(c2ccccc2)C(C(N)=O)C1. The normalized spacial score (nSPS) is 15.5. The maximum atomic E-state index is 13.0. The van der Waals surface area contributed by atoms with Gasteiger partial charge >= 0.3 is 5.97 Å². The Bertz CT molecular complexity index is 1210. The summed E-state index contributed by atoms with van der Waals surface area (Å²) in [5.74, 6) is -1.68. The number of esters is 1. The summed E-state index contributed by atoms with van der Waals surface area (Å²) in [6.45, 7) is 0. The van der Waals surface area contributed by atoms with Crippen molar-refractivity contribution in [1.82, 2.24) is 0 Å². The maximum absolute atomic E-state index is 13.0. The van der Waals surface area contributed by atoms with Gasteiger partial charge in [0.05, 0.1) is 24.0 Å². The largest absolute Gasteiger partial charge is 0.465 e. The number of nitrogens with two attached hydrogens (primary N) is 1. The number of nitrogens with zero attached hydrogens (tertiary/aromatic N) is 2. The van der Waals surface area contributed by atoms with E-state index in [-0.39, 0.29) is 17.7 Å². The zero-order chi connectivity index (χ0) is 22.0. The fourth-order valence-corrected chi connectivity index (χ4v) is 3.50. The molecule has 0 saturated carbocycles. The standard InChI is InChI=1S/C23H20N4O4/c1-31-23(30)17-11-14-7-5-6-8-15(14)12-18(17)25-22(29)19-13-20(21(24)28)27(26-19)16-9-3-2-4-10-16/h2-12,20H,13H2,1H3,(H2,24,28)(H,25,29). The molecule has 1 unspecified atom stereocenters. The Morgan fingerprint density at radius 3 is 2.32 bits per heavy atom. The van der Waals surface area contributed by atoms with E-state index < -0.39 is 23.8 Å². The average molecular weight is 416 g/mol. The second-order valence-electron chi connectivity index (χ2n) is 7.04. The summed E-state index contributed by atoms with van der Waals surface area (Å²) in [5, 5.41) is 10.2. The average Bonchev–Trinajstić information content (AvgIpc) is 3.25. The highest BCUT2D eigenvalue weighted by atomic mass is 16.5. The van der Waals surface area contributed by atoms with Crippen LogP contribution in [0.15, 0.2) is 71.8 Å². The lowest BCUT2D eigenvalue weighted by Crippen LogP contribution is -2.39. The van der Waals surface area contributed by atoms with Crippen molar-refractivity contribution in [2.24, 2.45) is 10.8 Å². The minimum atomic E-state index is -0.778. The lowest BCUT2D eigenvalue weighted by Gasteiger charge is -2.20. The summed E-state index contributed by atoms with van der Waals surface area (Å²) < 4.78 is 4.87. The molecule has 3 aromatic rings. The minimum absolute atomic E-state index is 0.0528. The summed E-state index contributed by atoms with van der Waals surface area (Å²) in [6, 6.07) is 19.0. The molecular formula is C23H20N4O4. The van der Waals surface area contributed by atoms with Gasteiger partial charge in [0.1, 0.15) is 11.8 Å². The highest BCUT2D eigenvalue weighted by Gasteiger charge is 2.35.